The summed E-state index contributed by atoms with van der Waals surface area (Å²) >= 11 is 17.1. The lowest BCUT2D eigenvalue weighted by atomic mass is 10.1. The molecule has 70 heavy (non-hydrogen) atoms. The smallest absolute Gasteiger partial charge is 0.0555 e. The van der Waals surface area contributed by atoms with Gasteiger partial charge in [0.25, 0.3) is 0 Å². The molecule has 1 aliphatic carbocycles. The largest absolute Gasteiger partial charge is 0.395 e. The normalized spacial score (nSPS) is 14.0. The van der Waals surface area contributed by atoms with E-state index in [-0.39, 0.29) is 12.6 Å². The van der Waals surface area contributed by atoms with E-state index in [9.17, 15) is 0 Å². The van der Waals surface area contributed by atoms with E-state index in [0.717, 1.165) is 99.7 Å². The second-order valence-electron chi connectivity index (χ2n) is 18.4. The first-order chi connectivity index (χ1) is 33.7. The molecular formula is C57H82Br5N7O. The Balaban J connectivity index is 0.000000232. The van der Waals surface area contributed by atoms with Gasteiger partial charge in [0.2, 0.25) is 0 Å². The third kappa shape index (κ3) is 31.7. The van der Waals surface area contributed by atoms with E-state index in [2.05, 4.69) is 254 Å². The first-order valence-electron chi connectivity index (χ1n) is 25.0. The van der Waals surface area contributed by atoms with E-state index in [1.165, 1.54) is 73.4 Å². The summed E-state index contributed by atoms with van der Waals surface area (Å²) < 4.78 is 5.71. The molecule has 2 aliphatic rings. The van der Waals surface area contributed by atoms with Gasteiger partial charge in [-0.25, -0.2) is 0 Å². The van der Waals surface area contributed by atoms with Crippen molar-refractivity contribution >= 4 is 79.6 Å². The first-order valence-corrected chi connectivity index (χ1v) is 28.9. The minimum atomic E-state index is 0.209. The van der Waals surface area contributed by atoms with Crippen molar-refractivity contribution in [2.45, 2.75) is 70.4 Å². The van der Waals surface area contributed by atoms with Crippen LogP contribution in [-0.2, 0) is 32.1 Å². The second kappa shape index (κ2) is 37.8. The molecular weight excluding hydrogens is 1200 g/mol. The summed E-state index contributed by atoms with van der Waals surface area (Å²) in [7, 11) is 8.46. The summed E-state index contributed by atoms with van der Waals surface area (Å²) in [6, 6.07) is 43.6. The first kappa shape index (κ1) is 62.5. The lowest BCUT2D eigenvalue weighted by Crippen LogP contribution is -2.45. The molecule has 0 aromatic heterocycles. The van der Waals surface area contributed by atoms with E-state index in [1.54, 1.807) is 0 Å². The molecule has 8 nitrogen and oxygen atoms in total. The Hall–Kier alpha value is -1.82. The second-order valence-corrected chi connectivity index (χ2v) is 23.0. The molecule has 5 aromatic carbocycles. The van der Waals surface area contributed by atoms with Crippen LogP contribution in [0.4, 0.5) is 0 Å². The highest BCUT2D eigenvalue weighted by molar-refractivity contribution is 9.11. The molecule has 0 amide bonds. The van der Waals surface area contributed by atoms with Crippen molar-refractivity contribution < 1.29 is 5.11 Å². The van der Waals surface area contributed by atoms with Gasteiger partial charge in [0.05, 0.1) is 6.61 Å². The van der Waals surface area contributed by atoms with E-state index >= 15 is 0 Å². The molecule has 1 saturated carbocycles. The summed E-state index contributed by atoms with van der Waals surface area (Å²) in [5, 5.41) is 15.2. The van der Waals surface area contributed by atoms with Crippen LogP contribution >= 0.6 is 79.6 Å². The van der Waals surface area contributed by atoms with Gasteiger partial charge >= 0.3 is 0 Å². The number of nitrogens with zero attached hydrogens (tertiary/aromatic N) is 4. The van der Waals surface area contributed by atoms with Gasteiger partial charge in [-0.2, -0.15) is 0 Å². The number of halogens is 5. The van der Waals surface area contributed by atoms with Gasteiger partial charge in [0, 0.05) is 86.8 Å². The molecule has 1 unspecified atom stereocenters. The highest BCUT2D eigenvalue weighted by atomic mass is 79.9. The van der Waals surface area contributed by atoms with Gasteiger partial charge < -0.3 is 41.1 Å². The van der Waals surface area contributed by atoms with Crippen LogP contribution in [0.1, 0.15) is 54.0 Å². The molecule has 1 saturated heterocycles. The van der Waals surface area contributed by atoms with Crippen molar-refractivity contribution in [3.05, 3.63) is 172 Å². The Morgan fingerprint density at radius 3 is 1.37 bits per heavy atom. The number of aliphatic hydroxyl groups is 1. The zero-order valence-corrected chi connectivity index (χ0v) is 50.5. The predicted octanol–water partition coefficient (Wildman–Crippen LogP) is 11.8. The lowest BCUT2D eigenvalue weighted by molar-refractivity contribution is 0.155. The number of hydrogen-bond donors (Lipinski definition) is 4. The van der Waals surface area contributed by atoms with Crippen molar-refractivity contribution in [2.24, 2.45) is 5.73 Å². The number of aliphatic hydroxyl groups excluding tert-OH is 1. The van der Waals surface area contributed by atoms with Crippen molar-refractivity contribution in [1.29, 1.82) is 0 Å². The molecule has 13 heteroatoms. The zero-order chi connectivity index (χ0) is 50.9. The molecule has 0 spiro atoms. The monoisotopic (exact) mass is 1280 g/mol. The van der Waals surface area contributed by atoms with E-state index in [4.69, 9.17) is 10.8 Å². The highest BCUT2D eigenvalue weighted by Crippen LogP contribution is 2.19. The van der Waals surface area contributed by atoms with Crippen molar-refractivity contribution in [3.8, 4) is 0 Å². The van der Waals surface area contributed by atoms with Gasteiger partial charge in [-0.1, -0.05) is 147 Å². The maximum atomic E-state index is 8.53. The maximum absolute atomic E-state index is 8.53. The number of nitrogens with one attached hydrogen (secondary N) is 2. The summed E-state index contributed by atoms with van der Waals surface area (Å²) in [6.07, 6.45) is 9.30. The van der Waals surface area contributed by atoms with Crippen LogP contribution in [0.5, 0.6) is 0 Å². The number of hydrogen-bond acceptors (Lipinski definition) is 8. The van der Waals surface area contributed by atoms with Crippen LogP contribution in [0.2, 0.25) is 0 Å². The van der Waals surface area contributed by atoms with Gasteiger partial charge in [-0.3, -0.25) is 0 Å². The van der Waals surface area contributed by atoms with Crippen LogP contribution in [-0.4, -0.2) is 144 Å². The Bertz CT molecular complexity index is 2030. The molecule has 5 aromatic rings. The summed E-state index contributed by atoms with van der Waals surface area (Å²) in [5.74, 6) is 0. The summed E-state index contributed by atoms with van der Waals surface area (Å²) in [6.45, 7) is 14.4. The molecule has 1 aliphatic heterocycles. The number of nitrogens with two attached hydrogens (primary N) is 1. The lowest BCUT2D eigenvalue weighted by Gasteiger charge is -2.32. The number of rotatable bonds is 21. The van der Waals surface area contributed by atoms with E-state index in [0.29, 0.717) is 6.54 Å². The topological polar surface area (TPSA) is 83.3 Å². The highest BCUT2D eigenvalue weighted by Gasteiger charge is 2.19. The maximum Gasteiger partial charge on any atom is 0.0555 e. The van der Waals surface area contributed by atoms with Crippen LogP contribution < -0.4 is 16.4 Å². The van der Waals surface area contributed by atoms with Crippen LogP contribution in [0.3, 0.4) is 0 Å². The fourth-order valence-corrected chi connectivity index (χ4v) is 8.47. The Labute approximate surface area is 465 Å². The molecule has 0 bridgehead atoms. The van der Waals surface area contributed by atoms with E-state index < -0.39 is 0 Å². The molecule has 386 valence electrons. The Kier molecular flexibility index (Phi) is 33.8. The molecule has 5 N–H and O–H groups in total. The molecule has 1 heterocycles. The average molecular weight is 1280 g/mol. The van der Waals surface area contributed by atoms with Crippen molar-refractivity contribution in [1.82, 2.24) is 30.2 Å². The van der Waals surface area contributed by atoms with Crippen molar-refractivity contribution in [3.63, 3.8) is 0 Å². The fraction of sp³-hybridized carbons (Fsp3) is 0.474. The molecule has 0 radical (unpaired) electrons. The van der Waals surface area contributed by atoms with Crippen LogP contribution in [0.15, 0.2) is 144 Å². The fourth-order valence-electron chi connectivity index (χ4n) is 7.15. The van der Waals surface area contributed by atoms with Crippen LogP contribution in [0, 0.1) is 0 Å². The Morgan fingerprint density at radius 1 is 0.571 bits per heavy atom. The third-order valence-corrected chi connectivity index (χ3v) is 14.6. The number of likely N-dealkylation sites (N-methyl/N-ethyl adjacent to an activating group) is 3. The van der Waals surface area contributed by atoms with Gasteiger partial charge in [0.1, 0.15) is 0 Å². The summed E-state index contributed by atoms with van der Waals surface area (Å²) in [5.41, 5.74) is 12.9. The molecule has 1 atom stereocenters. The molecule has 2 fully saturated rings. The third-order valence-electron chi connectivity index (χ3n) is 11.9. The molecule has 7 rings (SSSR count). The van der Waals surface area contributed by atoms with Gasteiger partial charge in [-0.05, 0) is 188 Å². The quantitative estimate of drug-likeness (QED) is 0.0541. The van der Waals surface area contributed by atoms with Gasteiger partial charge in [0.15, 0.2) is 0 Å². The van der Waals surface area contributed by atoms with E-state index in [1.807, 2.05) is 12.1 Å². The summed E-state index contributed by atoms with van der Waals surface area (Å²) in [4.78, 5) is 9.41. The zero-order valence-electron chi connectivity index (χ0n) is 42.5. The number of benzene rings is 5. The predicted molar refractivity (Wildman–Crippen MR) is 318 cm³/mol. The standard InChI is InChI=1S/C13H19BrN2.C12H19BrN2.C11H14BrN.C11H16BrN.C10H14BrNO/c1-15-8-10-16(11-9-15)7-6-12-2-4-13(14)5-3-12;1-15(2)9-12(14)8-5-10-3-6-11(13)7-4-10;12-10-3-1-9(2-4-10)7-8-13-11-5-6-11;1-3-13(2)9-8-10-4-6-11(12)7-5-10;11-10-3-1-9(2-4-10)5-6-12-7-8-13/h2-5H,6-11H2,1H3;3-4,6-7,12H,5,8-9,14H2,1-2H3;1-4,11,13H,5-8H2;4-7H,3,8-9H2,1-2H3;1-4,12-13H,5-8H2. The number of piperazine rings is 1. The van der Waals surface area contributed by atoms with Crippen LogP contribution in [0.25, 0.3) is 0 Å². The minimum absolute atomic E-state index is 0.209. The minimum Gasteiger partial charge on any atom is -0.395 e. The Morgan fingerprint density at radius 2 is 0.971 bits per heavy atom. The number of aryl methyl sites for hydroxylation is 1. The SMILES string of the molecule is Brc1ccc(CCNC2CC2)cc1.CCN(C)CCc1ccc(Br)cc1.CN(C)CC(N)CCc1ccc(Br)cc1.CN1CCN(CCc2ccc(Br)cc2)CC1.OCCNCCc1ccc(Br)cc1. The van der Waals surface area contributed by atoms with Gasteiger partial charge in [-0.15, -0.1) is 0 Å². The van der Waals surface area contributed by atoms with Crippen molar-refractivity contribution in [2.75, 3.05) is 107 Å². The average Bonchev–Trinajstić information content (AvgIpc) is 4.19.